The number of halogens is 6. The van der Waals surface area contributed by atoms with Crippen LogP contribution in [0.1, 0.15) is 52.4 Å². The van der Waals surface area contributed by atoms with Gasteiger partial charge < -0.3 is 16.2 Å². The third kappa shape index (κ3) is 5.57. The average molecular weight is 468 g/mol. The number of allylic oxidation sites excluding steroid dienone is 4. The molecule has 0 heterocycles. The van der Waals surface area contributed by atoms with Crippen LogP contribution in [0, 0.1) is 11.3 Å². The maximum Gasteiger partial charge on any atom is 0.416 e. The summed E-state index contributed by atoms with van der Waals surface area (Å²) in [7, 11) is 0. The Bertz CT molecular complexity index is 786. The normalized spacial score (nSPS) is 28.6. The summed E-state index contributed by atoms with van der Waals surface area (Å²) < 4.78 is 79.2. The number of hydrogen-bond acceptors (Lipinski definition) is 3. The Morgan fingerprint density at radius 2 is 1.91 bits per heavy atom. The summed E-state index contributed by atoms with van der Waals surface area (Å²) >= 11 is 0. The van der Waals surface area contributed by atoms with E-state index in [1.807, 2.05) is 6.92 Å². The van der Waals surface area contributed by atoms with Crippen molar-refractivity contribution in [3.05, 3.63) is 35.5 Å². The van der Waals surface area contributed by atoms with Gasteiger partial charge in [-0.25, -0.2) is 0 Å². The van der Waals surface area contributed by atoms with Crippen LogP contribution in [-0.4, -0.2) is 41.6 Å². The minimum absolute atomic E-state index is 0.193. The lowest BCUT2D eigenvalue weighted by Gasteiger charge is -2.44. The SMILES string of the molecule is CCCC(O)(CC)C1(C(=O)NCC2=CC(C(F)(F)F)C=CC(C(F)(F)F)=C2)CCC(N)C1. The van der Waals surface area contributed by atoms with E-state index in [2.05, 4.69) is 5.32 Å². The summed E-state index contributed by atoms with van der Waals surface area (Å²) in [5.41, 5.74) is 1.84. The van der Waals surface area contributed by atoms with Crippen LogP contribution in [0.15, 0.2) is 35.5 Å². The first-order valence-corrected chi connectivity index (χ1v) is 10.7. The predicted molar refractivity (Wildman–Crippen MR) is 108 cm³/mol. The van der Waals surface area contributed by atoms with Crippen molar-refractivity contribution in [2.45, 2.75) is 76.4 Å². The second-order valence-electron chi connectivity index (χ2n) is 8.67. The second kappa shape index (κ2) is 9.59. The van der Waals surface area contributed by atoms with E-state index in [-0.39, 0.29) is 24.5 Å². The van der Waals surface area contributed by atoms with Gasteiger partial charge in [-0.15, -0.1) is 0 Å². The zero-order chi connectivity index (χ0) is 24.4. The van der Waals surface area contributed by atoms with E-state index < -0.39 is 47.3 Å². The van der Waals surface area contributed by atoms with Crippen molar-refractivity contribution >= 4 is 5.91 Å². The molecule has 1 saturated carbocycles. The molecule has 1 fully saturated rings. The maximum absolute atomic E-state index is 13.2. The van der Waals surface area contributed by atoms with E-state index in [1.165, 1.54) is 0 Å². The van der Waals surface area contributed by atoms with Crippen LogP contribution in [0.3, 0.4) is 0 Å². The van der Waals surface area contributed by atoms with Crippen LogP contribution in [0.2, 0.25) is 0 Å². The van der Waals surface area contributed by atoms with Crippen molar-refractivity contribution in [1.82, 2.24) is 5.32 Å². The molecule has 2 aliphatic carbocycles. The summed E-state index contributed by atoms with van der Waals surface area (Å²) in [4.78, 5) is 13.2. The topological polar surface area (TPSA) is 75.3 Å². The molecular formula is C22H30F6N2O2. The Morgan fingerprint density at radius 3 is 2.38 bits per heavy atom. The van der Waals surface area contributed by atoms with Gasteiger partial charge in [-0.1, -0.05) is 38.5 Å². The minimum atomic E-state index is -4.84. The molecule has 4 nitrogen and oxygen atoms in total. The number of aliphatic hydroxyl groups is 1. The van der Waals surface area contributed by atoms with Crippen molar-refractivity contribution in [1.29, 1.82) is 0 Å². The lowest BCUT2D eigenvalue weighted by molar-refractivity contribution is -0.153. The lowest BCUT2D eigenvalue weighted by atomic mass is 9.66. The smallest absolute Gasteiger partial charge is 0.389 e. The molecule has 1 amide bonds. The summed E-state index contributed by atoms with van der Waals surface area (Å²) in [6, 6.07) is -0.330. The van der Waals surface area contributed by atoms with Crippen LogP contribution in [0.5, 0.6) is 0 Å². The van der Waals surface area contributed by atoms with Gasteiger partial charge in [0.1, 0.15) is 0 Å². The molecule has 0 aromatic heterocycles. The summed E-state index contributed by atoms with van der Waals surface area (Å²) in [5, 5.41) is 13.8. The quantitative estimate of drug-likeness (QED) is 0.474. The molecule has 0 aromatic rings. The van der Waals surface area contributed by atoms with Gasteiger partial charge in [-0.2, -0.15) is 26.3 Å². The average Bonchev–Trinajstić information content (AvgIpc) is 2.94. The number of nitrogens with two attached hydrogens (primary N) is 1. The number of carbonyl (C=O) groups excluding carboxylic acids is 1. The van der Waals surface area contributed by atoms with Gasteiger partial charge in [0.2, 0.25) is 5.91 Å². The maximum atomic E-state index is 13.2. The molecule has 0 spiro atoms. The van der Waals surface area contributed by atoms with Gasteiger partial charge in [0, 0.05) is 12.6 Å². The highest BCUT2D eigenvalue weighted by molar-refractivity contribution is 5.85. The van der Waals surface area contributed by atoms with Crippen molar-refractivity contribution < 1.29 is 36.2 Å². The number of hydrogen-bond donors (Lipinski definition) is 3. The van der Waals surface area contributed by atoms with E-state index in [0.29, 0.717) is 50.0 Å². The largest absolute Gasteiger partial charge is 0.416 e. The summed E-state index contributed by atoms with van der Waals surface area (Å²) in [5.74, 6) is -2.82. The standard InChI is InChI=1S/C22H30F6N2O2/c1-3-8-20(32,4-2)19(9-7-17(29)12-19)18(31)30-13-14-10-15(21(23,24)25)5-6-16(11-14)22(26,27)28/h5-6,10-11,15,17,32H,3-4,7-9,12-13,29H2,1-2H3,(H,30,31). The third-order valence-corrected chi connectivity index (χ3v) is 6.50. The van der Waals surface area contributed by atoms with E-state index in [4.69, 9.17) is 5.73 Å². The molecule has 2 aliphatic rings. The van der Waals surface area contributed by atoms with Crippen molar-refractivity contribution in [2.24, 2.45) is 17.1 Å². The zero-order valence-electron chi connectivity index (χ0n) is 18.1. The molecule has 32 heavy (non-hydrogen) atoms. The Kier molecular flexibility index (Phi) is 7.92. The minimum Gasteiger partial charge on any atom is -0.389 e. The van der Waals surface area contributed by atoms with E-state index >= 15 is 0 Å². The van der Waals surface area contributed by atoms with Crippen molar-refractivity contribution in [3.8, 4) is 0 Å². The highest BCUT2D eigenvalue weighted by Crippen LogP contribution is 2.50. The zero-order valence-corrected chi connectivity index (χ0v) is 18.1. The highest BCUT2D eigenvalue weighted by atomic mass is 19.4. The van der Waals surface area contributed by atoms with Gasteiger partial charge in [0.05, 0.1) is 22.5 Å². The first-order valence-electron chi connectivity index (χ1n) is 10.7. The van der Waals surface area contributed by atoms with Crippen molar-refractivity contribution in [3.63, 3.8) is 0 Å². The molecule has 4 atom stereocenters. The molecular weight excluding hydrogens is 438 g/mol. The third-order valence-electron chi connectivity index (χ3n) is 6.50. The predicted octanol–water partition coefficient (Wildman–Crippen LogP) is 4.70. The first-order chi connectivity index (χ1) is 14.7. The van der Waals surface area contributed by atoms with E-state index in [1.54, 1.807) is 6.92 Å². The molecule has 4 unspecified atom stereocenters. The fourth-order valence-electron chi connectivity index (χ4n) is 4.72. The van der Waals surface area contributed by atoms with Crippen LogP contribution in [-0.2, 0) is 4.79 Å². The van der Waals surface area contributed by atoms with Gasteiger partial charge in [-0.3, -0.25) is 4.79 Å². The molecule has 0 bridgehead atoms. The highest BCUT2D eigenvalue weighted by Gasteiger charge is 2.57. The summed E-state index contributed by atoms with van der Waals surface area (Å²) in [6.45, 7) is 3.06. The van der Waals surface area contributed by atoms with Gasteiger partial charge in [0.15, 0.2) is 0 Å². The number of alkyl halides is 6. The molecule has 182 valence electrons. The van der Waals surface area contributed by atoms with E-state index in [9.17, 15) is 36.2 Å². The molecule has 10 heteroatoms. The second-order valence-corrected chi connectivity index (χ2v) is 8.67. The number of carbonyl (C=O) groups is 1. The molecule has 0 aromatic carbocycles. The van der Waals surface area contributed by atoms with Crippen LogP contribution in [0.25, 0.3) is 0 Å². The van der Waals surface area contributed by atoms with Crippen LogP contribution < -0.4 is 11.1 Å². The lowest BCUT2D eigenvalue weighted by Crippen LogP contribution is -2.56. The fraction of sp³-hybridized carbons (Fsp3) is 0.682. The van der Waals surface area contributed by atoms with Gasteiger partial charge >= 0.3 is 12.4 Å². The van der Waals surface area contributed by atoms with E-state index in [0.717, 1.165) is 0 Å². The Hall–Kier alpha value is -1.81. The number of nitrogens with one attached hydrogen (secondary N) is 1. The molecule has 2 rings (SSSR count). The number of amides is 1. The molecule has 0 aliphatic heterocycles. The Labute approximate surface area is 183 Å². The summed E-state index contributed by atoms with van der Waals surface area (Å²) in [6.07, 6.45) is -5.34. The van der Waals surface area contributed by atoms with Gasteiger partial charge in [-0.05, 0) is 43.8 Å². The molecule has 4 N–H and O–H groups in total. The first kappa shape index (κ1) is 26.4. The fourth-order valence-corrected chi connectivity index (χ4v) is 4.72. The van der Waals surface area contributed by atoms with Crippen LogP contribution in [0.4, 0.5) is 26.3 Å². The van der Waals surface area contributed by atoms with Crippen molar-refractivity contribution in [2.75, 3.05) is 6.54 Å². The van der Waals surface area contributed by atoms with Crippen LogP contribution >= 0.6 is 0 Å². The number of rotatable bonds is 7. The monoisotopic (exact) mass is 468 g/mol. The Morgan fingerprint density at radius 1 is 1.25 bits per heavy atom. The molecule has 0 radical (unpaired) electrons. The Balaban J connectivity index is 2.34. The van der Waals surface area contributed by atoms with Gasteiger partial charge in [0.25, 0.3) is 0 Å². The molecule has 0 saturated heterocycles.